The second-order valence-corrected chi connectivity index (χ2v) is 4.03. The lowest BCUT2D eigenvalue weighted by molar-refractivity contribution is -0.149. The van der Waals surface area contributed by atoms with Gasteiger partial charge in [-0.15, -0.1) is 0 Å². The summed E-state index contributed by atoms with van der Waals surface area (Å²) in [5, 5.41) is 0. The van der Waals surface area contributed by atoms with Crippen LogP contribution < -0.4 is 0 Å². The van der Waals surface area contributed by atoms with Gasteiger partial charge in [0, 0.05) is 14.2 Å². The maximum Gasteiger partial charge on any atom is 0.208 e. The quantitative estimate of drug-likeness (QED) is 0.683. The number of ketones is 1. The van der Waals surface area contributed by atoms with E-state index in [0.717, 1.165) is 0 Å². The van der Waals surface area contributed by atoms with Crippen LogP contribution in [0.2, 0.25) is 0 Å². The molecule has 1 aliphatic carbocycles. The van der Waals surface area contributed by atoms with E-state index < -0.39 is 11.6 Å². The van der Waals surface area contributed by atoms with Crippen molar-refractivity contribution in [2.75, 3.05) is 27.4 Å². The lowest BCUT2D eigenvalue weighted by atomic mass is 9.94. The Hall–Kier alpha value is -1.01. The minimum atomic E-state index is -1.03. The van der Waals surface area contributed by atoms with E-state index >= 15 is 0 Å². The molecular formula is C12H16O5. The number of rotatable bonds is 3. The molecule has 1 aliphatic heterocycles. The molecule has 0 saturated carbocycles. The first-order chi connectivity index (χ1) is 8.05. The molecule has 2 rings (SSSR count). The van der Waals surface area contributed by atoms with Crippen molar-refractivity contribution in [3.05, 3.63) is 23.8 Å². The zero-order chi connectivity index (χ0) is 12.5. The Labute approximate surface area is 100.0 Å². The average molecular weight is 240 g/mol. The number of methoxy groups -OCH3 is 2. The summed E-state index contributed by atoms with van der Waals surface area (Å²) in [7, 11) is 3.02. The van der Waals surface area contributed by atoms with Crippen LogP contribution in [0.4, 0.5) is 0 Å². The van der Waals surface area contributed by atoms with Gasteiger partial charge >= 0.3 is 0 Å². The molecule has 0 radical (unpaired) electrons. The molecule has 5 heteroatoms. The largest absolute Gasteiger partial charge is 0.346 e. The van der Waals surface area contributed by atoms with Crippen molar-refractivity contribution in [1.82, 2.24) is 0 Å². The van der Waals surface area contributed by atoms with Crippen LogP contribution >= 0.6 is 0 Å². The molecule has 0 aromatic heterocycles. The number of allylic oxidation sites excluding steroid dienone is 1. The number of carbonyl (C=O) groups is 1. The van der Waals surface area contributed by atoms with E-state index in [1.165, 1.54) is 20.3 Å². The molecule has 1 saturated heterocycles. The number of hydrogen-bond donors (Lipinski definition) is 0. The summed E-state index contributed by atoms with van der Waals surface area (Å²) in [5.74, 6) is -2.19. The van der Waals surface area contributed by atoms with Gasteiger partial charge in [-0.1, -0.05) is 0 Å². The van der Waals surface area contributed by atoms with Crippen LogP contribution in [0.25, 0.3) is 0 Å². The lowest BCUT2D eigenvalue weighted by Crippen LogP contribution is -2.39. The first-order valence-corrected chi connectivity index (χ1v) is 5.40. The van der Waals surface area contributed by atoms with Crippen molar-refractivity contribution < 1.29 is 23.7 Å². The van der Waals surface area contributed by atoms with Crippen LogP contribution in [-0.4, -0.2) is 44.8 Å². The lowest BCUT2D eigenvalue weighted by Gasteiger charge is -2.32. The van der Waals surface area contributed by atoms with Gasteiger partial charge in [0.05, 0.1) is 18.8 Å². The van der Waals surface area contributed by atoms with Crippen LogP contribution in [0, 0.1) is 0 Å². The first-order valence-electron chi connectivity index (χ1n) is 5.40. The van der Waals surface area contributed by atoms with Crippen molar-refractivity contribution in [2.24, 2.45) is 0 Å². The summed E-state index contributed by atoms with van der Waals surface area (Å²) >= 11 is 0. The van der Waals surface area contributed by atoms with Gasteiger partial charge in [0.2, 0.25) is 5.79 Å². The van der Waals surface area contributed by atoms with Crippen LogP contribution in [0.5, 0.6) is 0 Å². The smallest absolute Gasteiger partial charge is 0.208 e. The van der Waals surface area contributed by atoms with Gasteiger partial charge in [0.1, 0.15) is 0 Å². The fourth-order valence-electron chi connectivity index (χ4n) is 1.96. The van der Waals surface area contributed by atoms with Gasteiger partial charge in [-0.05, 0) is 25.2 Å². The summed E-state index contributed by atoms with van der Waals surface area (Å²) in [5.41, 5.74) is 0.404. The molecule has 0 spiro atoms. The third-order valence-corrected chi connectivity index (χ3v) is 3.04. The molecule has 0 N–H and O–H groups in total. The summed E-state index contributed by atoms with van der Waals surface area (Å²) in [6, 6.07) is 0. The zero-order valence-electron chi connectivity index (χ0n) is 10.2. The van der Waals surface area contributed by atoms with Crippen LogP contribution in [0.15, 0.2) is 23.8 Å². The molecular weight excluding hydrogens is 224 g/mol. The van der Waals surface area contributed by atoms with Crippen molar-refractivity contribution in [3.63, 3.8) is 0 Å². The summed E-state index contributed by atoms with van der Waals surface area (Å²) < 4.78 is 21.5. The summed E-state index contributed by atoms with van der Waals surface area (Å²) in [6.07, 6.45) is 4.58. The van der Waals surface area contributed by atoms with E-state index in [-0.39, 0.29) is 5.78 Å². The van der Waals surface area contributed by atoms with E-state index in [2.05, 4.69) is 0 Å². The van der Waals surface area contributed by atoms with E-state index in [1.807, 2.05) is 0 Å². The summed E-state index contributed by atoms with van der Waals surface area (Å²) in [4.78, 5) is 11.9. The molecule has 0 atom stereocenters. The highest BCUT2D eigenvalue weighted by Crippen LogP contribution is 2.33. The third kappa shape index (κ3) is 2.07. The highest BCUT2D eigenvalue weighted by Gasteiger charge is 2.42. The van der Waals surface area contributed by atoms with Gasteiger partial charge in [0.25, 0.3) is 0 Å². The molecule has 94 valence electrons. The second-order valence-electron chi connectivity index (χ2n) is 4.03. The second kappa shape index (κ2) is 4.34. The normalized spacial score (nSPS) is 26.1. The number of carbonyl (C=O) groups excluding carboxylic acids is 1. The van der Waals surface area contributed by atoms with Gasteiger partial charge in [-0.2, -0.15) is 0 Å². The predicted molar refractivity (Wildman–Crippen MR) is 59.3 cm³/mol. The molecule has 1 heterocycles. The monoisotopic (exact) mass is 240 g/mol. The molecule has 0 aromatic carbocycles. The predicted octanol–water partition coefficient (Wildman–Crippen LogP) is 0.804. The van der Waals surface area contributed by atoms with Crippen LogP contribution in [0.1, 0.15) is 6.92 Å². The van der Waals surface area contributed by atoms with Crippen LogP contribution in [-0.2, 0) is 23.7 Å². The first kappa shape index (κ1) is 12.4. The Morgan fingerprint density at radius 2 is 1.82 bits per heavy atom. The Bertz CT molecular complexity index is 372. The van der Waals surface area contributed by atoms with Gasteiger partial charge < -0.3 is 18.9 Å². The fraction of sp³-hybridized carbons (Fsp3) is 0.583. The fourth-order valence-corrected chi connectivity index (χ4v) is 1.96. The summed E-state index contributed by atoms with van der Waals surface area (Å²) in [6.45, 7) is 2.66. The molecule has 0 aromatic rings. The molecule has 2 aliphatic rings. The van der Waals surface area contributed by atoms with Gasteiger partial charge in [0.15, 0.2) is 11.6 Å². The minimum Gasteiger partial charge on any atom is -0.346 e. The average Bonchev–Trinajstić information content (AvgIpc) is 2.78. The SMILES string of the molecule is COC1(OC)C=CC(=O)C(C2(C)OCCO2)=C1. The van der Waals surface area contributed by atoms with Gasteiger partial charge in [-0.25, -0.2) is 0 Å². The van der Waals surface area contributed by atoms with Crippen molar-refractivity contribution in [2.45, 2.75) is 18.5 Å². The number of ether oxygens (including phenoxy) is 4. The van der Waals surface area contributed by atoms with E-state index in [0.29, 0.717) is 18.8 Å². The Morgan fingerprint density at radius 1 is 1.24 bits per heavy atom. The third-order valence-electron chi connectivity index (χ3n) is 3.04. The molecule has 1 fully saturated rings. The van der Waals surface area contributed by atoms with Crippen molar-refractivity contribution in [1.29, 1.82) is 0 Å². The van der Waals surface area contributed by atoms with Gasteiger partial charge in [-0.3, -0.25) is 4.79 Å². The highest BCUT2D eigenvalue weighted by molar-refractivity contribution is 6.06. The Balaban J connectivity index is 2.37. The standard InChI is InChI=1S/C12H16O5/c1-11(16-6-7-17-11)9-8-12(14-2,15-3)5-4-10(9)13/h4-5,8H,6-7H2,1-3H3. The Morgan fingerprint density at radius 3 is 2.35 bits per heavy atom. The van der Waals surface area contributed by atoms with Crippen molar-refractivity contribution >= 4 is 5.78 Å². The molecule has 0 unspecified atom stereocenters. The zero-order valence-corrected chi connectivity index (χ0v) is 10.2. The molecule has 5 nitrogen and oxygen atoms in total. The molecule has 17 heavy (non-hydrogen) atoms. The minimum absolute atomic E-state index is 0.154. The molecule has 0 bridgehead atoms. The van der Waals surface area contributed by atoms with E-state index in [1.54, 1.807) is 19.1 Å². The van der Waals surface area contributed by atoms with Crippen LogP contribution in [0.3, 0.4) is 0 Å². The van der Waals surface area contributed by atoms with E-state index in [9.17, 15) is 4.79 Å². The maximum absolute atomic E-state index is 11.9. The molecule has 0 amide bonds. The topological polar surface area (TPSA) is 54.0 Å². The number of hydrogen-bond acceptors (Lipinski definition) is 5. The van der Waals surface area contributed by atoms with E-state index in [4.69, 9.17) is 18.9 Å². The van der Waals surface area contributed by atoms with Crippen molar-refractivity contribution in [3.8, 4) is 0 Å². The highest BCUT2D eigenvalue weighted by atomic mass is 16.7. The maximum atomic E-state index is 11.9. The Kier molecular flexibility index (Phi) is 3.18.